The molecule has 1 N–H and O–H groups in total. The molecule has 0 aliphatic carbocycles. The van der Waals surface area contributed by atoms with Crippen LogP contribution in [-0.2, 0) is 0 Å². The molecule has 0 fully saturated rings. The molecule has 4 heteroatoms. The van der Waals surface area contributed by atoms with Gasteiger partial charge in [0.05, 0.1) is 9.83 Å². The summed E-state index contributed by atoms with van der Waals surface area (Å²) < 4.78 is 1.17. The second-order valence-electron chi connectivity index (χ2n) is 3.84. The third-order valence-corrected chi connectivity index (χ3v) is 4.55. The molecule has 0 saturated heterocycles. The first kappa shape index (κ1) is 13.1. The number of hydrogen-bond acceptors (Lipinski definition) is 2. The minimum Gasteiger partial charge on any atom is -0.309 e. The lowest BCUT2D eigenvalue weighted by atomic mass is 10.00. The lowest BCUT2D eigenvalue weighted by molar-refractivity contribution is 0.691. The van der Waals surface area contributed by atoms with Gasteiger partial charge in [0.15, 0.2) is 0 Å². The molecule has 0 saturated carbocycles. The first-order valence-corrected chi connectivity index (χ1v) is 7.29. The predicted molar refractivity (Wildman–Crippen MR) is 79.1 cm³/mol. The molecule has 0 amide bonds. The molecule has 1 nitrogen and oxygen atoms in total. The van der Waals surface area contributed by atoms with E-state index in [-0.39, 0.29) is 6.04 Å². The quantitative estimate of drug-likeness (QED) is 0.854. The maximum atomic E-state index is 5.92. The van der Waals surface area contributed by atoms with Gasteiger partial charge in [0.2, 0.25) is 0 Å². The van der Waals surface area contributed by atoms with E-state index in [9.17, 15) is 0 Å². The molecule has 0 aliphatic rings. The van der Waals surface area contributed by atoms with Crippen molar-refractivity contribution in [2.45, 2.75) is 13.0 Å². The average molecular weight is 331 g/mol. The highest BCUT2D eigenvalue weighted by atomic mass is 79.9. The molecule has 1 atom stereocenters. The fourth-order valence-electron chi connectivity index (χ4n) is 1.90. The highest BCUT2D eigenvalue weighted by Crippen LogP contribution is 2.33. The van der Waals surface area contributed by atoms with Crippen molar-refractivity contribution < 1.29 is 0 Å². The number of nitrogens with one attached hydrogen (secondary N) is 1. The largest absolute Gasteiger partial charge is 0.309 e. The Balaban J connectivity index is 2.39. The molecule has 0 aliphatic heterocycles. The van der Waals surface area contributed by atoms with Gasteiger partial charge in [-0.2, -0.15) is 0 Å². The average Bonchev–Trinajstić information content (AvgIpc) is 2.62. The summed E-state index contributed by atoms with van der Waals surface area (Å²) in [4.78, 5) is 1.33. The van der Waals surface area contributed by atoms with Gasteiger partial charge in [0.1, 0.15) is 0 Å². The van der Waals surface area contributed by atoms with E-state index in [2.05, 4.69) is 46.4 Å². The molecule has 17 heavy (non-hydrogen) atoms. The SMILES string of the molecule is CNC(c1ccc(Cl)cc1)c1cc(Br)sc1C. The second kappa shape index (κ2) is 5.53. The van der Waals surface area contributed by atoms with Gasteiger partial charge in [0.25, 0.3) is 0 Å². The van der Waals surface area contributed by atoms with Crippen LogP contribution in [0.5, 0.6) is 0 Å². The van der Waals surface area contributed by atoms with Gasteiger partial charge in [-0.25, -0.2) is 0 Å². The Kier molecular flexibility index (Phi) is 4.26. The summed E-state index contributed by atoms with van der Waals surface area (Å²) in [7, 11) is 1.98. The molecule has 2 aromatic rings. The van der Waals surface area contributed by atoms with Gasteiger partial charge in [-0.05, 0) is 59.2 Å². The number of halogens is 2. The molecule has 0 bridgehead atoms. The zero-order valence-corrected chi connectivity index (χ0v) is 12.8. The summed E-state index contributed by atoms with van der Waals surface area (Å²) in [5.41, 5.74) is 2.54. The van der Waals surface area contributed by atoms with E-state index in [1.54, 1.807) is 11.3 Å². The van der Waals surface area contributed by atoms with Crippen LogP contribution in [0.2, 0.25) is 5.02 Å². The van der Waals surface area contributed by atoms with Gasteiger partial charge in [-0.3, -0.25) is 0 Å². The minimum atomic E-state index is 0.217. The van der Waals surface area contributed by atoms with Crippen LogP contribution in [0, 0.1) is 6.92 Å². The van der Waals surface area contributed by atoms with Crippen LogP contribution in [-0.4, -0.2) is 7.05 Å². The number of rotatable bonds is 3. The maximum Gasteiger partial charge on any atom is 0.0704 e. The Morgan fingerprint density at radius 2 is 1.94 bits per heavy atom. The smallest absolute Gasteiger partial charge is 0.0704 e. The van der Waals surface area contributed by atoms with Gasteiger partial charge in [-0.1, -0.05) is 23.7 Å². The van der Waals surface area contributed by atoms with E-state index in [1.165, 1.54) is 19.8 Å². The first-order chi connectivity index (χ1) is 8.11. The number of hydrogen-bond donors (Lipinski definition) is 1. The van der Waals surface area contributed by atoms with E-state index < -0.39 is 0 Å². The topological polar surface area (TPSA) is 12.0 Å². The van der Waals surface area contributed by atoms with Crippen molar-refractivity contribution in [1.29, 1.82) is 0 Å². The molecule has 2 rings (SSSR count). The van der Waals surface area contributed by atoms with E-state index in [4.69, 9.17) is 11.6 Å². The molecule has 1 unspecified atom stereocenters. The molecule has 1 heterocycles. The Bertz CT molecular complexity index is 507. The minimum absolute atomic E-state index is 0.217. The second-order valence-corrected chi connectivity index (χ2v) is 6.91. The summed E-state index contributed by atoms with van der Waals surface area (Å²) in [6, 6.07) is 10.4. The van der Waals surface area contributed by atoms with Crippen molar-refractivity contribution in [3.63, 3.8) is 0 Å². The Morgan fingerprint density at radius 3 is 2.41 bits per heavy atom. The van der Waals surface area contributed by atoms with E-state index in [1.807, 2.05) is 19.2 Å². The third-order valence-electron chi connectivity index (χ3n) is 2.73. The highest BCUT2D eigenvalue weighted by Gasteiger charge is 2.16. The van der Waals surface area contributed by atoms with Crippen molar-refractivity contribution in [1.82, 2.24) is 5.32 Å². The van der Waals surface area contributed by atoms with E-state index in [0.717, 1.165) is 5.02 Å². The Morgan fingerprint density at radius 1 is 1.29 bits per heavy atom. The van der Waals surface area contributed by atoms with Gasteiger partial charge in [0, 0.05) is 9.90 Å². The summed E-state index contributed by atoms with van der Waals surface area (Å²) in [5.74, 6) is 0. The van der Waals surface area contributed by atoms with Crippen molar-refractivity contribution in [2.75, 3.05) is 7.05 Å². The molecule has 90 valence electrons. The lowest BCUT2D eigenvalue weighted by Gasteiger charge is -2.16. The summed E-state index contributed by atoms with van der Waals surface area (Å²) in [6.45, 7) is 2.14. The summed E-state index contributed by atoms with van der Waals surface area (Å²) >= 11 is 11.2. The summed E-state index contributed by atoms with van der Waals surface area (Å²) in [5, 5.41) is 4.12. The zero-order chi connectivity index (χ0) is 12.4. The monoisotopic (exact) mass is 329 g/mol. The fraction of sp³-hybridized carbons (Fsp3) is 0.231. The third kappa shape index (κ3) is 2.91. The highest BCUT2D eigenvalue weighted by molar-refractivity contribution is 9.11. The standard InChI is InChI=1S/C13H13BrClNS/c1-8-11(7-12(14)17-8)13(16-2)9-3-5-10(15)6-4-9/h3-7,13,16H,1-2H3. The maximum absolute atomic E-state index is 5.92. The van der Waals surface area contributed by atoms with Crippen molar-refractivity contribution in [2.24, 2.45) is 0 Å². The van der Waals surface area contributed by atoms with Crippen LogP contribution >= 0.6 is 38.9 Å². The fourth-order valence-corrected chi connectivity index (χ4v) is 3.78. The van der Waals surface area contributed by atoms with Crippen molar-refractivity contribution >= 4 is 38.9 Å². The van der Waals surface area contributed by atoms with Crippen molar-refractivity contribution in [3.8, 4) is 0 Å². The molecular weight excluding hydrogens is 318 g/mol. The molecule has 1 aromatic heterocycles. The summed E-state index contributed by atoms with van der Waals surface area (Å²) in [6.07, 6.45) is 0. The molecular formula is C13H13BrClNS. The van der Waals surface area contributed by atoms with E-state index >= 15 is 0 Å². The predicted octanol–water partition coefficient (Wildman–Crippen LogP) is 4.78. The van der Waals surface area contributed by atoms with Crippen LogP contribution in [0.1, 0.15) is 22.0 Å². The van der Waals surface area contributed by atoms with Gasteiger partial charge in [-0.15, -0.1) is 11.3 Å². The van der Waals surface area contributed by atoms with Crippen LogP contribution < -0.4 is 5.32 Å². The van der Waals surface area contributed by atoms with E-state index in [0.29, 0.717) is 0 Å². The molecule has 0 spiro atoms. The van der Waals surface area contributed by atoms with Crippen LogP contribution in [0.25, 0.3) is 0 Å². The van der Waals surface area contributed by atoms with Crippen LogP contribution in [0.4, 0.5) is 0 Å². The lowest BCUT2D eigenvalue weighted by Crippen LogP contribution is -2.17. The first-order valence-electron chi connectivity index (χ1n) is 5.30. The Labute approximate surface area is 119 Å². The number of thiophene rings is 1. The Hall–Kier alpha value is -0.350. The van der Waals surface area contributed by atoms with Gasteiger partial charge < -0.3 is 5.32 Å². The zero-order valence-electron chi connectivity index (χ0n) is 9.63. The van der Waals surface area contributed by atoms with Crippen LogP contribution in [0.3, 0.4) is 0 Å². The molecule has 1 aromatic carbocycles. The molecule has 0 radical (unpaired) electrons. The van der Waals surface area contributed by atoms with Crippen LogP contribution in [0.15, 0.2) is 34.1 Å². The van der Waals surface area contributed by atoms with Gasteiger partial charge >= 0.3 is 0 Å². The number of aryl methyl sites for hydroxylation is 1. The van der Waals surface area contributed by atoms with Crippen molar-refractivity contribution in [3.05, 3.63) is 55.1 Å². The normalized spacial score (nSPS) is 12.7. The number of benzene rings is 1.